The largest absolute Gasteiger partial charge is 0.314 e. The quantitative estimate of drug-likeness (QED) is 0.723. The predicted molar refractivity (Wildman–Crippen MR) is 60.4 cm³/mol. The van der Waals surface area contributed by atoms with Crippen molar-refractivity contribution in [3.8, 4) is 0 Å². The van der Waals surface area contributed by atoms with E-state index in [1.54, 1.807) is 0 Å². The Hall–Kier alpha value is -0.0800. The van der Waals surface area contributed by atoms with Crippen LogP contribution >= 0.6 is 0 Å². The summed E-state index contributed by atoms with van der Waals surface area (Å²) in [4.78, 5) is 2.66. The summed E-state index contributed by atoms with van der Waals surface area (Å²) in [5.41, 5.74) is 0. The number of piperazine rings is 1. The molecule has 0 aromatic heterocycles. The zero-order valence-corrected chi connectivity index (χ0v) is 9.47. The van der Waals surface area contributed by atoms with Gasteiger partial charge in [0.1, 0.15) is 0 Å². The van der Waals surface area contributed by atoms with Crippen LogP contribution in [0.4, 0.5) is 0 Å². The third-order valence-corrected chi connectivity index (χ3v) is 3.99. The van der Waals surface area contributed by atoms with E-state index in [0.29, 0.717) is 0 Å². The molecule has 2 unspecified atom stereocenters. The molecule has 2 fully saturated rings. The molecular weight excluding hydrogens is 172 g/mol. The molecule has 14 heavy (non-hydrogen) atoms. The van der Waals surface area contributed by atoms with Crippen molar-refractivity contribution < 1.29 is 0 Å². The van der Waals surface area contributed by atoms with Gasteiger partial charge in [-0.1, -0.05) is 26.2 Å². The molecule has 1 aliphatic carbocycles. The average Bonchev–Trinajstić information content (AvgIpc) is 2.23. The second-order valence-electron chi connectivity index (χ2n) is 5.07. The Morgan fingerprint density at radius 2 is 1.86 bits per heavy atom. The summed E-state index contributed by atoms with van der Waals surface area (Å²) >= 11 is 0. The molecule has 0 bridgehead atoms. The first-order valence-electron chi connectivity index (χ1n) is 6.29. The maximum atomic E-state index is 3.42. The van der Waals surface area contributed by atoms with Crippen molar-refractivity contribution in [3.05, 3.63) is 0 Å². The Morgan fingerprint density at radius 3 is 2.57 bits per heavy atom. The first-order valence-corrected chi connectivity index (χ1v) is 6.29. The van der Waals surface area contributed by atoms with Gasteiger partial charge in [0.15, 0.2) is 0 Å². The standard InChI is InChI=1S/C12H24N2/c1-11-4-2-3-5-12(11)10-14-8-6-13-7-9-14/h11-13H,2-10H2,1H3. The van der Waals surface area contributed by atoms with Crippen LogP contribution in [0.25, 0.3) is 0 Å². The van der Waals surface area contributed by atoms with Crippen molar-refractivity contribution in [1.82, 2.24) is 10.2 Å². The molecule has 2 nitrogen and oxygen atoms in total. The third-order valence-electron chi connectivity index (χ3n) is 3.99. The molecule has 2 rings (SSSR count). The molecule has 1 N–H and O–H groups in total. The van der Waals surface area contributed by atoms with E-state index in [1.165, 1.54) is 58.4 Å². The monoisotopic (exact) mass is 196 g/mol. The van der Waals surface area contributed by atoms with Gasteiger partial charge in [0, 0.05) is 32.7 Å². The second-order valence-corrected chi connectivity index (χ2v) is 5.07. The molecule has 82 valence electrons. The highest BCUT2D eigenvalue weighted by Crippen LogP contribution is 2.30. The van der Waals surface area contributed by atoms with E-state index in [1.807, 2.05) is 0 Å². The van der Waals surface area contributed by atoms with Crippen LogP contribution in [0.5, 0.6) is 0 Å². The highest BCUT2D eigenvalue weighted by molar-refractivity contribution is 4.77. The molecule has 0 aromatic rings. The molecule has 0 spiro atoms. The number of hydrogen-bond acceptors (Lipinski definition) is 2. The van der Waals surface area contributed by atoms with Crippen molar-refractivity contribution in [3.63, 3.8) is 0 Å². The van der Waals surface area contributed by atoms with Crippen LogP contribution in [-0.4, -0.2) is 37.6 Å². The van der Waals surface area contributed by atoms with E-state index in [0.717, 1.165) is 11.8 Å². The highest BCUT2D eigenvalue weighted by Gasteiger charge is 2.23. The van der Waals surface area contributed by atoms with Crippen LogP contribution in [0, 0.1) is 11.8 Å². The van der Waals surface area contributed by atoms with Gasteiger partial charge in [-0.05, 0) is 18.3 Å². The molecule has 1 saturated carbocycles. The van der Waals surface area contributed by atoms with E-state index < -0.39 is 0 Å². The Morgan fingerprint density at radius 1 is 1.14 bits per heavy atom. The summed E-state index contributed by atoms with van der Waals surface area (Å²) in [6.45, 7) is 8.74. The lowest BCUT2D eigenvalue weighted by Crippen LogP contribution is -2.46. The SMILES string of the molecule is CC1CCCCC1CN1CCNCC1. The first-order chi connectivity index (χ1) is 6.86. The second kappa shape index (κ2) is 5.13. The van der Waals surface area contributed by atoms with Crippen LogP contribution < -0.4 is 5.32 Å². The third kappa shape index (κ3) is 2.71. The van der Waals surface area contributed by atoms with Crippen LogP contribution in [0.1, 0.15) is 32.6 Å². The van der Waals surface area contributed by atoms with E-state index >= 15 is 0 Å². The average molecular weight is 196 g/mol. The van der Waals surface area contributed by atoms with Crippen molar-refractivity contribution in [1.29, 1.82) is 0 Å². The van der Waals surface area contributed by atoms with Gasteiger partial charge in [-0.2, -0.15) is 0 Å². The molecule has 1 saturated heterocycles. The lowest BCUT2D eigenvalue weighted by molar-refractivity contribution is 0.148. The summed E-state index contributed by atoms with van der Waals surface area (Å²) in [5.74, 6) is 1.96. The van der Waals surface area contributed by atoms with Gasteiger partial charge in [-0.15, -0.1) is 0 Å². The van der Waals surface area contributed by atoms with Crippen molar-refractivity contribution in [2.75, 3.05) is 32.7 Å². The molecule has 0 aromatic carbocycles. The van der Waals surface area contributed by atoms with E-state index in [9.17, 15) is 0 Å². The fourth-order valence-electron chi connectivity index (χ4n) is 2.89. The van der Waals surface area contributed by atoms with E-state index in [4.69, 9.17) is 0 Å². The van der Waals surface area contributed by atoms with Crippen molar-refractivity contribution in [2.24, 2.45) is 11.8 Å². The smallest absolute Gasteiger partial charge is 0.0107 e. The maximum absolute atomic E-state index is 3.42. The minimum Gasteiger partial charge on any atom is -0.314 e. The molecule has 2 atom stereocenters. The fourth-order valence-corrected chi connectivity index (χ4v) is 2.89. The van der Waals surface area contributed by atoms with Gasteiger partial charge < -0.3 is 10.2 Å². The normalized spacial score (nSPS) is 35.8. The lowest BCUT2D eigenvalue weighted by atomic mass is 9.80. The number of nitrogens with zero attached hydrogens (tertiary/aromatic N) is 1. The zero-order valence-electron chi connectivity index (χ0n) is 9.47. The fraction of sp³-hybridized carbons (Fsp3) is 1.00. The molecule has 2 heteroatoms. The Labute approximate surface area is 88.1 Å². The summed E-state index contributed by atoms with van der Waals surface area (Å²) in [6.07, 6.45) is 5.89. The Balaban J connectivity index is 1.76. The summed E-state index contributed by atoms with van der Waals surface area (Å²) in [7, 11) is 0. The minimum absolute atomic E-state index is 0.971. The number of nitrogens with one attached hydrogen (secondary N) is 1. The lowest BCUT2D eigenvalue weighted by Gasteiger charge is -2.35. The molecular formula is C12H24N2. The maximum Gasteiger partial charge on any atom is 0.0107 e. The van der Waals surface area contributed by atoms with Gasteiger partial charge in [0.05, 0.1) is 0 Å². The van der Waals surface area contributed by atoms with Gasteiger partial charge in [-0.25, -0.2) is 0 Å². The van der Waals surface area contributed by atoms with Gasteiger partial charge >= 0.3 is 0 Å². The number of hydrogen-bond donors (Lipinski definition) is 1. The van der Waals surface area contributed by atoms with Crippen LogP contribution in [-0.2, 0) is 0 Å². The van der Waals surface area contributed by atoms with Gasteiger partial charge in [0.2, 0.25) is 0 Å². The zero-order chi connectivity index (χ0) is 9.80. The summed E-state index contributed by atoms with van der Waals surface area (Å²) < 4.78 is 0. The number of rotatable bonds is 2. The van der Waals surface area contributed by atoms with Crippen LogP contribution in [0.2, 0.25) is 0 Å². The molecule has 0 amide bonds. The molecule has 0 radical (unpaired) electrons. The minimum atomic E-state index is 0.971. The van der Waals surface area contributed by atoms with E-state index in [-0.39, 0.29) is 0 Å². The van der Waals surface area contributed by atoms with Gasteiger partial charge in [0.25, 0.3) is 0 Å². The van der Waals surface area contributed by atoms with Crippen molar-refractivity contribution >= 4 is 0 Å². The Kier molecular flexibility index (Phi) is 3.82. The van der Waals surface area contributed by atoms with Crippen LogP contribution in [0.3, 0.4) is 0 Å². The molecule has 1 aliphatic heterocycles. The summed E-state index contributed by atoms with van der Waals surface area (Å²) in [6, 6.07) is 0. The van der Waals surface area contributed by atoms with Crippen molar-refractivity contribution in [2.45, 2.75) is 32.6 Å². The Bertz CT molecular complexity index is 164. The van der Waals surface area contributed by atoms with E-state index in [2.05, 4.69) is 17.1 Å². The molecule has 2 aliphatic rings. The topological polar surface area (TPSA) is 15.3 Å². The highest BCUT2D eigenvalue weighted by atomic mass is 15.2. The van der Waals surface area contributed by atoms with Gasteiger partial charge in [-0.3, -0.25) is 0 Å². The molecule has 1 heterocycles. The van der Waals surface area contributed by atoms with Crippen LogP contribution in [0.15, 0.2) is 0 Å². The predicted octanol–water partition coefficient (Wildman–Crippen LogP) is 1.72. The first kappa shape index (κ1) is 10.4. The summed E-state index contributed by atoms with van der Waals surface area (Å²) in [5, 5.41) is 3.42.